The number of hydrogen-bond acceptors (Lipinski definition) is 5. The van der Waals surface area contributed by atoms with Gasteiger partial charge in [-0.1, -0.05) is 6.07 Å². The fourth-order valence-corrected chi connectivity index (χ4v) is 2.83. The van der Waals surface area contributed by atoms with Crippen molar-refractivity contribution in [2.75, 3.05) is 19.5 Å². The van der Waals surface area contributed by atoms with Crippen LogP contribution >= 0.6 is 0 Å². The number of nitrogens with one attached hydrogen (secondary N) is 3. The lowest BCUT2D eigenvalue weighted by atomic mass is 10.0. The standard InChI is InChI=1S/C19H23N3O4/c1-10-15(19(25)26-5)11(2)22-16(10)17(23)12(3)21-14-8-6-7-13(9-14)18(24)20-4/h6-9,12,21-22H,1-5H3,(H,20,24)/t12-/m1/s1. The zero-order valence-corrected chi connectivity index (χ0v) is 15.5. The van der Waals surface area contributed by atoms with E-state index in [9.17, 15) is 14.4 Å². The molecule has 0 aliphatic rings. The van der Waals surface area contributed by atoms with Gasteiger partial charge in [0.15, 0.2) is 0 Å². The number of carbonyl (C=O) groups is 3. The molecule has 7 heteroatoms. The van der Waals surface area contributed by atoms with E-state index in [4.69, 9.17) is 4.74 Å². The maximum absolute atomic E-state index is 12.8. The Bertz CT molecular complexity index is 854. The molecule has 0 radical (unpaired) electrons. The molecular formula is C19H23N3O4. The monoisotopic (exact) mass is 357 g/mol. The Balaban J connectivity index is 2.23. The second kappa shape index (κ2) is 7.86. The second-order valence-electron chi connectivity index (χ2n) is 6.01. The Morgan fingerprint density at radius 1 is 1.19 bits per heavy atom. The number of aromatic nitrogens is 1. The van der Waals surface area contributed by atoms with Crippen molar-refractivity contribution in [1.82, 2.24) is 10.3 Å². The van der Waals surface area contributed by atoms with Crippen molar-refractivity contribution in [2.45, 2.75) is 26.8 Å². The van der Waals surface area contributed by atoms with Crippen LogP contribution in [0, 0.1) is 13.8 Å². The summed E-state index contributed by atoms with van der Waals surface area (Å²) in [6.07, 6.45) is 0. The Morgan fingerprint density at radius 3 is 2.50 bits per heavy atom. The molecule has 0 saturated heterocycles. The predicted octanol–water partition coefficient (Wildman–Crippen LogP) is 2.46. The fourth-order valence-electron chi connectivity index (χ4n) is 2.83. The lowest BCUT2D eigenvalue weighted by Gasteiger charge is -2.15. The molecule has 3 N–H and O–H groups in total. The molecule has 1 amide bonds. The van der Waals surface area contributed by atoms with Crippen LogP contribution in [-0.4, -0.2) is 42.8 Å². The number of esters is 1. The lowest BCUT2D eigenvalue weighted by molar-refractivity contribution is 0.0599. The molecule has 1 aromatic carbocycles. The van der Waals surface area contributed by atoms with Gasteiger partial charge in [-0.2, -0.15) is 0 Å². The quantitative estimate of drug-likeness (QED) is 0.545. The van der Waals surface area contributed by atoms with Gasteiger partial charge in [-0.25, -0.2) is 4.79 Å². The van der Waals surface area contributed by atoms with Gasteiger partial charge < -0.3 is 20.4 Å². The van der Waals surface area contributed by atoms with Crippen molar-refractivity contribution in [2.24, 2.45) is 0 Å². The third-order valence-electron chi connectivity index (χ3n) is 4.20. The highest BCUT2D eigenvalue weighted by molar-refractivity contribution is 6.05. The molecule has 2 rings (SSSR count). The summed E-state index contributed by atoms with van der Waals surface area (Å²) in [7, 11) is 2.86. The van der Waals surface area contributed by atoms with Crippen LogP contribution < -0.4 is 10.6 Å². The zero-order valence-electron chi connectivity index (χ0n) is 15.5. The Hall–Kier alpha value is -3.09. The van der Waals surface area contributed by atoms with E-state index in [1.807, 2.05) is 0 Å². The maximum Gasteiger partial charge on any atom is 0.339 e. The Morgan fingerprint density at radius 2 is 1.88 bits per heavy atom. The smallest absolute Gasteiger partial charge is 0.339 e. The van der Waals surface area contributed by atoms with Crippen LogP contribution in [0.25, 0.3) is 0 Å². The van der Waals surface area contributed by atoms with Crippen molar-refractivity contribution in [3.8, 4) is 0 Å². The van der Waals surface area contributed by atoms with E-state index in [0.717, 1.165) is 0 Å². The third kappa shape index (κ3) is 3.77. The number of hydrogen-bond donors (Lipinski definition) is 3. The minimum atomic E-state index is -0.558. The highest BCUT2D eigenvalue weighted by atomic mass is 16.5. The number of amides is 1. The zero-order chi connectivity index (χ0) is 19.4. The Kier molecular flexibility index (Phi) is 5.82. The van der Waals surface area contributed by atoms with Crippen LogP contribution in [0.5, 0.6) is 0 Å². The van der Waals surface area contributed by atoms with E-state index in [-0.39, 0.29) is 11.7 Å². The van der Waals surface area contributed by atoms with E-state index in [1.54, 1.807) is 52.1 Å². The number of H-pyrrole nitrogens is 1. The van der Waals surface area contributed by atoms with Gasteiger partial charge in [0, 0.05) is 24.0 Å². The molecule has 0 saturated carbocycles. The molecule has 0 aliphatic carbocycles. The van der Waals surface area contributed by atoms with E-state index in [1.165, 1.54) is 7.11 Å². The molecule has 0 unspecified atom stereocenters. The van der Waals surface area contributed by atoms with E-state index >= 15 is 0 Å². The van der Waals surface area contributed by atoms with Gasteiger partial charge in [0.25, 0.3) is 5.91 Å². The van der Waals surface area contributed by atoms with Gasteiger partial charge in [0.2, 0.25) is 5.78 Å². The summed E-state index contributed by atoms with van der Waals surface area (Å²) in [6.45, 7) is 5.16. The summed E-state index contributed by atoms with van der Waals surface area (Å²) in [5.41, 5.74) is 3.05. The number of anilines is 1. The van der Waals surface area contributed by atoms with Gasteiger partial charge >= 0.3 is 5.97 Å². The number of rotatable bonds is 6. The van der Waals surface area contributed by atoms with E-state index < -0.39 is 12.0 Å². The highest BCUT2D eigenvalue weighted by Crippen LogP contribution is 2.21. The van der Waals surface area contributed by atoms with Crippen molar-refractivity contribution in [3.05, 3.63) is 52.3 Å². The van der Waals surface area contributed by atoms with Crippen molar-refractivity contribution >= 4 is 23.3 Å². The minimum absolute atomic E-state index is 0.189. The Labute approximate surface area is 152 Å². The number of benzene rings is 1. The van der Waals surface area contributed by atoms with Crippen molar-refractivity contribution < 1.29 is 19.1 Å². The van der Waals surface area contributed by atoms with Gasteiger partial charge in [0.1, 0.15) is 0 Å². The summed E-state index contributed by atoms with van der Waals surface area (Å²) in [6, 6.07) is 6.33. The van der Waals surface area contributed by atoms with Gasteiger partial charge in [-0.05, 0) is 44.5 Å². The van der Waals surface area contributed by atoms with Crippen LogP contribution in [0.4, 0.5) is 5.69 Å². The normalized spacial score (nSPS) is 11.6. The molecule has 0 aliphatic heterocycles. The van der Waals surface area contributed by atoms with Crippen LogP contribution in [0.2, 0.25) is 0 Å². The molecule has 7 nitrogen and oxygen atoms in total. The number of aromatic amines is 1. The number of methoxy groups -OCH3 is 1. The van der Waals surface area contributed by atoms with Crippen molar-refractivity contribution in [1.29, 1.82) is 0 Å². The molecule has 0 bridgehead atoms. The van der Waals surface area contributed by atoms with Crippen LogP contribution in [0.1, 0.15) is 49.4 Å². The molecular weight excluding hydrogens is 334 g/mol. The van der Waals surface area contributed by atoms with Gasteiger partial charge in [0.05, 0.1) is 24.4 Å². The van der Waals surface area contributed by atoms with E-state index in [0.29, 0.717) is 33.8 Å². The summed E-state index contributed by atoms with van der Waals surface area (Å²) in [4.78, 5) is 39.4. The molecule has 0 spiro atoms. The number of aryl methyl sites for hydroxylation is 1. The average molecular weight is 357 g/mol. The van der Waals surface area contributed by atoms with Crippen molar-refractivity contribution in [3.63, 3.8) is 0 Å². The van der Waals surface area contributed by atoms with Crippen LogP contribution in [0.15, 0.2) is 24.3 Å². The molecule has 26 heavy (non-hydrogen) atoms. The topological polar surface area (TPSA) is 100 Å². The fraction of sp³-hybridized carbons (Fsp3) is 0.316. The van der Waals surface area contributed by atoms with Gasteiger partial charge in [-0.3, -0.25) is 9.59 Å². The van der Waals surface area contributed by atoms with E-state index in [2.05, 4.69) is 15.6 Å². The molecule has 138 valence electrons. The predicted molar refractivity (Wildman–Crippen MR) is 98.9 cm³/mol. The first-order valence-electron chi connectivity index (χ1n) is 8.20. The second-order valence-corrected chi connectivity index (χ2v) is 6.01. The summed E-state index contributed by atoms with van der Waals surface area (Å²) < 4.78 is 4.77. The number of carbonyl (C=O) groups excluding carboxylic acids is 3. The first-order chi connectivity index (χ1) is 12.3. The molecule has 0 fully saturated rings. The molecule has 1 heterocycles. The summed E-state index contributed by atoms with van der Waals surface area (Å²) in [5.74, 6) is -0.869. The molecule has 2 aromatic rings. The number of Topliss-reactive ketones (excluding diaryl/α,β-unsaturated/α-hetero) is 1. The SMILES string of the molecule is CNC(=O)c1cccc(N[C@H](C)C(=O)c2[nH]c(C)c(C(=O)OC)c2C)c1. The molecule has 1 atom stereocenters. The third-order valence-corrected chi connectivity index (χ3v) is 4.20. The highest BCUT2D eigenvalue weighted by Gasteiger charge is 2.25. The maximum atomic E-state index is 12.8. The average Bonchev–Trinajstić information content (AvgIpc) is 2.94. The largest absolute Gasteiger partial charge is 0.465 e. The lowest BCUT2D eigenvalue weighted by Crippen LogP contribution is -2.27. The minimum Gasteiger partial charge on any atom is -0.465 e. The molecule has 1 aromatic heterocycles. The number of ether oxygens (including phenoxy) is 1. The van der Waals surface area contributed by atoms with Gasteiger partial charge in [-0.15, -0.1) is 0 Å². The first-order valence-corrected chi connectivity index (χ1v) is 8.20. The van der Waals surface area contributed by atoms with Crippen LogP contribution in [-0.2, 0) is 4.74 Å². The summed E-state index contributed by atoms with van der Waals surface area (Å²) >= 11 is 0. The summed E-state index contributed by atoms with van der Waals surface area (Å²) in [5, 5.41) is 5.65. The van der Waals surface area contributed by atoms with Crippen LogP contribution in [0.3, 0.4) is 0 Å². The number of ketones is 1. The first kappa shape index (κ1) is 19.2.